The second kappa shape index (κ2) is 11.2. The zero-order valence-electron chi connectivity index (χ0n) is 19.9. The Bertz CT molecular complexity index is 1110. The number of amides is 1. The van der Waals surface area contributed by atoms with Crippen molar-refractivity contribution in [1.82, 2.24) is 9.88 Å². The number of benzene rings is 2. The van der Waals surface area contributed by atoms with Gasteiger partial charge in [-0.15, -0.1) is 0 Å². The standard InChI is InChI=1S/C28H34ClN3O2/c1-34-22-11-12-26-24(19-22)23(25(29)20-31-26)10-5-13-28(27(30)33)14-17-32(18-15-28)16-6-9-21-7-3-2-4-8-21/h2-4,7-8,11-12,19-20H,5-6,9-10,13-18H2,1H3,(H2,30,33). The first-order valence-electron chi connectivity index (χ1n) is 12.2. The van der Waals surface area contributed by atoms with E-state index in [1.165, 1.54) is 5.56 Å². The van der Waals surface area contributed by atoms with E-state index in [2.05, 4.69) is 40.2 Å². The van der Waals surface area contributed by atoms with Crippen LogP contribution in [-0.2, 0) is 17.6 Å². The van der Waals surface area contributed by atoms with E-state index in [4.69, 9.17) is 22.1 Å². The number of rotatable bonds is 10. The molecule has 0 aliphatic carbocycles. The van der Waals surface area contributed by atoms with Gasteiger partial charge in [-0.25, -0.2) is 0 Å². The molecule has 0 unspecified atom stereocenters. The number of pyridine rings is 1. The molecule has 4 rings (SSSR count). The Morgan fingerprint density at radius 3 is 2.59 bits per heavy atom. The molecule has 3 aromatic rings. The van der Waals surface area contributed by atoms with Crippen LogP contribution in [0.3, 0.4) is 0 Å². The van der Waals surface area contributed by atoms with Crippen molar-refractivity contribution < 1.29 is 9.53 Å². The molecular formula is C28H34ClN3O2. The number of nitrogens with zero attached hydrogens (tertiary/aromatic N) is 2. The third kappa shape index (κ3) is 5.70. The van der Waals surface area contributed by atoms with E-state index in [-0.39, 0.29) is 5.91 Å². The van der Waals surface area contributed by atoms with Crippen LogP contribution in [0.2, 0.25) is 5.02 Å². The first kappa shape index (κ1) is 24.5. The fourth-order valence-electron chi connectivity index (χ4n) is 5.16. The molecule has 1 aromatic heterocycles. The van der Waals surface area contributed by atoms with E-state index in [1.54, 1.807) is 13.3 Å². The van der Waals surface area contributed by atoms with Crippen molar-refractivity contribution in [3.63, 3.8) is 0 Å². The zero-order chi connectivity index (χ0) is 24.0. The Hall–Kier alpha value is -2.63. The number of carbonyl (C=O) groups is 1. The molecule has 180 valence electrons. The lowest BCUT2D eigenvalue weighted by molar-refractivity contribution is -0.131. The number of likely N-dealkylation sites (tertiary alicyclic amines) is 1. The summed E-state index contributed by atoms with van der Waals surface area (Å²) in [7, 11) is 1.66. The van der Waals surface area contributed by atoms with Crippen LogP contribution in [0.1, 0.15) is 43.2 Å². The van der Waals surface area contributed by atoms with Gasteiger partial charge in [0.15, 0.2) is 0 Å². The van der Waals surface area contributed by atoms with Gasteiger partial charge in [-0.3, -0.25) is 9.78 Å². The summed E-state index contributed by atoms with van der Waals surface area (Å²) in [5.74, 6) is 0.620. The zero-order valence-corrected chi connectivity index (χ0v) is 20.7. The van der Waals surface area contributed by atoms with Crippen molar-refractivity contribution in [2.75, 3.05) is 26.7 Å². The smallest absolute Gasteiger partial charge is 0.223 e. The van der Waals surface area contributed by atoms with Crippen LogP contribution in [0.25, 0.3) is 10.9 Å². The largest absolute Gasteiger partial charge is 0.497 e. The van der Waals surface area contributed by atoms with Crippen molar-refractivity contribution in [3.8, 4) is 5.75 Å². The second-order valence-corrected chi connectivity index (χ2v) is 9.80. The second-order valence-electron chi connectivity index (χ2n) is 9.40. The van der Waals surface area contributed by atoms with E-state index < -0.39 is 5.41 Å². The Balaban J connectivity index is 1.34. The lowest BCUT2D eigenvalue weighted by atomic mass is 9.73. The van der Waals surface area contributed by atoms with Crippen LogP contribution < -0.4 is 10.5 Å². The topological polar surface area (TPSA) is 68.5 Å². The molecule has 2 heterocycles. The van der Waals surface area contributed by atoms with Crippen molar-refractivity contribution in [2.45, 2.75) is 44.9 Å². The molecule has 1 aliphatic heterocycles. The molecular weight excluding hydrogens is 446 g/mol. The predicted molar refractivity (Wildman–Crippen MR) is 138 cm³/mol. The summed E-state index contributed by atoms with van der Waals surface area (Å²) in [4.78, 5) is 19.5. The maximum Gasteiger partial charge on any atom is 0.223 e. The molecule has 5 nitrogen and oxygen atoms in total. The van der Waals surface area contributed by atoms with Crippen LogP contribution in [-0.4, -0.2) is 42.5 Å². The van der Waals surface area contributed by atoms with Crippen molar-refractivity contribution in [2.24, 2.45) is 11.1 Å². The molecule has 1 saturated heterocycles. The van der Waals surface area contributed by atoms with Gasteiger partial charge in [0.2, 0.25) is 5.91 Å². The van der Waals surface area contributed by atoms with Crippen LogP contribution >= 0.6 is 11.6 Å². The quantitative estimate of drug-likeness (QED) is 0.421. The minimum atomic E-state index is -0.428. The number of fused-ring (bicyclic) bond motifs is 1. The molecule has 34 heavy (non-hydrogen) atoms. The van der Waals surface area contributed by atoms with E-state index in [0.29, 0.717) is 5.02 Å². The average molecular weight is 480 g/mol. The van der Waals surface area contributed by atoms with Gasteiger partial charge in [0.1, 0.15) is 5.75 Å². The highest BCUT2D eigenvalue weighted by molar-refractivity contribution is 6.32. The van der Waals surface area contributed by atoms with Gasteiger partial charge in [-0.1, -0.05) is 41.9 Å². The molecule has 0 bridgehead atoms. The minimum absolute atomic E-state index is 0.163. The first-order valence-corrected chi connectivity index (χ1v) is 12.6. The number of hydrogen-bond donors (Lipinski definition) is 1. The summed E-state index contributed by atoms with van der Waals surface area (Å²) in [6.07, 6.45) is 7.99. The number of hydrogen-bond acceptors (Lipinski definition) is 4. The van der Waals surface area contributed by atoms with E-state index in [1.807, 2.05) is 18.2 Å². The average Bonchev–Trinajstić information content (AvgIpc) is 2.86. The van der Waals surface area contributed by atoms with E-state index >= 15 is 0 Å². The summed E-state index contributed by atoms with van der Waals surface area (Å²) in [5.41, 5.74) is 8.86. The molecule has 2 aromatic carbocycles. The fraction of sp³-hybridized carbons (Fsp3) is 0.429. The Morgan fingerprint density at radius 2 is 1.88 bits per heavy atom. The van der Waals surface area contributed by atoms with Gasteiger partial charge in [-0.05, 0) is 93.9 Å². The van der Waals surface area contributed by atoms with E-state index in [0.717, 1.165) is 86.8 Å². The number of aromatic nitrogens is 1. The Labute approximate surface area is 207 Å². The van der Waals surface area contributed by atoms with Crippen LogP contribution in [0, 0.1) is 5.41 Å². The number of ether oxygens (including phenoxy) is 1. The summed E-state index contributed by atoms with van der Waals surface area (Å²) in [6, 6.07) is 16.5. The first-order chi connectivity index (χ1) is 16.5. The molecule has 1 fully saturated rings. The molecule has 0 spiro atoms. The maximum atomic E-state index is 12.5. The summed E-state index contributed by atoms with van der Waals surface area (Å²) in [6.45, 7) is 2.91. The predicted octanol–water partition coefficient (Wildman–Crippen LogP) is 5.42. The van der Waals surface area contributed by atoms with Crippen LogP contribution in [0.15, 0.2) is 54.7 Å². The number of methoxy groups -OCH3 is 1. The normalized spacial score (nSPS) is 15.9. The highest BCUT2D eigenvalue weighted by atomic mass is 35.5. The van der Waals surface area contributed by atoms with Gasteiger partial charge >= 0.3 is 0 Å². The minimum Gasteiger partial charge on any atom is -0.497 e. The number of nitrogens with two attached hydrogens (primary N) is 1. The highest BCUT2D eigenvalue weighted by Gasteiger charge is 2.39. The fourth-order valence-corrected chi connectivity index (χ4v) is 5.41. The van der Waals surface area contributed by atoms with Gasteiger partial charge in [0, 0.05) is 11.6 Å². The molecule has 2 N–H and O–H groups in total. The number of piperidine rings is 1. The SMILES string of the molecule is COc1ccc2ncc(Cl)c(CCCC3(C(N)=O)CCN(CCCc4ccccc4)CC3)c2c1. The lowest BCUT2D eigenvalue weighted by Gasteiger charge is -2.40. The molecule has 0 radical (unpaired) electrons. The molecule has 6 heteroatoms. The third-order valence-corrected chi connectivity index (χ3v) is 7.66. The van der Waals surface area contributed by atoms with E-state index in [9.17, 15) is 4.79 Å². The van der Waals surface area contributed by atoms with Crippen molar-refractivity contribution in [3.05, 3.63) is 70.9 Å². The van der Waals surface area contributed by atoms with Gasteiger partial charge in [0.05, 0.1) is 23.1 Å². The molecule has 0 saturated carbocycles. The molecule has 0 atom stereocenters. The Kier molecular flexibility index (Phi) is 8.07. The number of aryl methyl sites for hydroxylation is 2. The van der Waals surface area contributed by atoms with Crippen molar-refractivity contribution >= 4 is 28.4 Å². The van der Waals surface area contributed by atoms with Crippen LogP contribution in [0.4, 0.5) is 0 Å². The van der Waals surface area contributed by atoms with Crippen molar-refractivity contribution in [1.29, 1.82) is 0 Å². The number of primary amides is 1. The lowest BCUT2D eigenvalue weighted by Crippen LogP contribution is -2.47. The molecule has 1 amide bonds. The number of carbonyl (C=O) groups excluding carboxylic acids is 1. The Morgan fingerprint density at radius 1 is 1.12 bits per heavy atom. The van der Waals surface area contributed by atoms with Gasteiger partial charge < -0.3 is 15.4 Å². The van der Waals surface area contributed by atoms with Gasteiger partial charge in [-0.2, -0.15) is 0 Å². The maximum absolute atomic E-state index is 12.5. The highest BCUT2D eigenvalue weighted by Crippen LogP contribution is 2.37. The summed E-state index contributed by atoms with van der Waals surface area (Å²) in [5, 5.41) is 1.66. The van der Waals surface area contributed by atoms with Gasteiger partial charge in [0.25, 0.3) is 0 Å². The monoisotopic (exact) mass is 479 g/mol. The van der Waals surface area contributed by atoms with Crippen LogP contribution in [0.5, 0.6) is 5.75 Å². The summed E-state index contributed by atoms with van der Waals surface area (Å²) < 4.78 is 5.39. The molecule has 1 aliphatic rings. The third-order valence-electron chi connectivity index (χ3n) is 7.33. The summed E-state index contributed by atoms with van der Waals surface area (Å²) >= 11 is 6.53. The number of halogens is 1.